The molecule has 3 fully saturated rings. The monoisotopic (exact) mass is 649 g/mol. The third kappa shape index (κ3) is 8.43. The van der Waals surface area contributed by atoms with Crippen LogP contribution in [-0.4, -0.2) is 95.5 Å². The summed E-state index contributed by atoms with van der Waals surface area (Å²) in [6.45, 7) is 15.1. The van der Waals surface area contributed by atoms with Crippen LogP contribution in [0.4, 0.5) is 10.6 Å². The maximum atomic E-state index is 13.0. The van der Waals surface area contributed by atoms with Crippen LogP contribution < -0.4 is 5.32 Å². The minimum atomic E-state index is -0.545. The molecule has 2 aliphatic heterocycles. The van der Waals surface area contributed by atoms with Crippen molar-refractivity contribution in [1.82, 2.24) is 14.8 Å². The van der Waals surface area contributed by atoms with Gasteiger partial charge in [-0.1, -0.05) is 43.5 Å². The molecule has 3 aliphatic rings. The normalized spacial score (nSPS) is 18.5. The SMILES string of the molecule is CCOC(=O)c1cc(-c2ccc(CN3CCN(C(=O)OC(C)(C)C)CC34COC4)cc2)c(C(=N)OC(C)C)c(NC2CCCCC2)n1. The van der Waals surface area contributed by atoms with Crippen molar-refractivity contribution in [3.05, 3.63) is 47.2 Å². The Bertz CT molecular complexity index is 1430. The first-order valence-corrected chi connectivity index (χ1v) is 17.0. The molecule has 1 aliphatic carbocycles. The summed E-state index contributed by atoms with van der Waals surface area (Å²) >= 11 is 0. The summed E-state index contributed by atoms with van der Waals surface area (Å²) in [6.07, 6.45) is 4.98. The summed E-state index contributed by atoms with van der Waals surface area (Å²) in [5, 5.41) is 12.5. The van der Waals surface area contributed by atoms with E-state index in [4.69, 9.17) is 29.3 Å². The minimum absolute atomic E-state index is 0.00933. The Hall–Kier alpha value is -3.70. The van der Waals surface area contributed by atoms with E-state index in [0.29, 0.717) is 56.3 Å². The zero-order chi connectivity index (χ0) is 33.8. The van der Waals surface area contributed by atoms with Crippen LogP contribution in [0.2, 0.25) is 0 Å². The fraction of sp³-hybridized carbons (Fsp3) is 0.611. The molecule has 2 N–H and O–H groups in total. The number of piperazine rings is 1. The van der Waals surface area contributed by atoms with E-state index < -0.39 is 11.6 Å². The van der Waals surface area contributed by atoms with E-state index in [9.17, 15) is 9.59 Å². The van der Waals surface area contributed by atoms with Crippen LogP contribution >= 0.6 is 0 Å². The molecule has 11 nitrogen and oxygen atoms in total. The van der Waals surface area contributed by atoms with Gasteiger partial charge in [-0.05, 0) is 71.6 Å². The van der Waals surface area contributed by atoms with Gasteiger partial charge in [0, 0.05) is 37.8 Å². The molecule has 1 amide bonds. The molecule has 1 aromatic carbocycles. The van der Waals surface area contributed by atoms with Gasteiger partial charge in [0.2, 0.25) is 5.90 Å². The number of rotatable bonds is 9. The van der Waals surface area contributed by atoms with Crippen LogP contribution in [0.15, 0.2) is 30.3 Å². The van der Waals surface area contributed by atoms with Crippen molar-refractivity contribution in [2.24, 2.45) is 0 Å². The van der Waals surface area contributed by atoms with Crippen molar-refractivity contribution in [3.8, 4) is 11.1 Å². The van der Waals surface area contributed by atoms with E-state index in [0.717, 1.165) is 36.8 Å². The second-order valence-electron chi connectivity index (χ2n) is 14.2. The van der Waals surface area contributed by atoms with Gasteiger partial charge in [-0.2, -0.15) is 0 Å². The molecule has 1 saturated carbocycles. The fourth-order valence-electron chi connectivity index (χ4n) is 6.52. The summed E-state index contributed by atoms with van der Waals surface area (Å²) in [4.78, 5) is 34.7. The first kappa shape index (κ1) is 34.6. The van der Waals surface area contributed by atoms with Crippen LogP contribution in [0.1, 0.15) is 95.3 Å². The maximum Gasteiger partial charge on any atom is 0.410 e. The van der Waals surface area contributed by atoms with Gasteiger partial charge in [0.05, 0.1) is 37.0 Å². The second-order valence-corrected chi connectivity index (χ2v) is 14.2. The highest BCUT2D eigenvalue weighted by atomic mass is 16.6. The number of pyridine rings is 1. The number of nitrogens with zero attached hydrogens (tertiary/aromatic N) is 3. The quantitative estimate of drug-likeness (QED) is 0.184. The molecular weight excluding hydrogens is 598 g/mol. The molecule has 0 bridgehead atoms. The largest absolute Gasteiger partial charge is 0.475 e. The average Bonchev–Trinajstić information content (AvgIpc) is 3.00. The number of hydrogen-bond acceptors (Lipinski definition) is 10. The lowest BCUT2D eigenvalue weighted by molar-refractivity contribution is -0.170. The molecule has 3 heterocycles. The lowest BCUT2D eigenvalue weighted by Crippen LogP contribution is -2.71. The van der Waals surface area contributed by atoms with Crippen molar-refractivity contribution in [2.75, 3.05) is 44.8 Å². The van der Waals surface area contributed by atoms with Crippen molar-refractivity contribution >= 4 is 23.8 Å². The zero-order valence-electron chi connectivity index (χ0n) is 28.8. The first-order valence-electron chi connectivity index (χ1n) is 17.0. The summed E-state index contributed by atoms with van der Waals surface area (Å²) < 4.78 is 22.6. The topological polar surface area (TPSA) is 126 Å². The van der Waals surface area contributed by atoms with Crippen LogP contribution in [0.5, 0.6) is 0 Å². The van der Waals surface area contributed by atoms with Crippen molar-refractivity contribution in [2.45, 2.75) is 103 Å². The van der Waals surface area contributed by atoms with E-state index in [1.807, 2.05) is 46.8 Å². The molecule has 256 valence electrons. The van der Waals surface area contributed by atoms with Crippen LogP contribution in [0.25, 0.3) is 11.1 Å². The predicted molar refractivity (Wildman–Crippen MR) is 181 cm³/mol. The highest BCUT2D eigenvalue weighted by molar-refractivity contribution is 6.05. The number of carbonyl (C=O) groups excluding carboxylic acids is 2. The first-order chi connectivity index (χ1) is 22.4. The zero-order valence-corrected chi connectivity index (χ0v) is 28.8. The molecule has 2 aromatic rings. The maximum absolute atomic E-state index is 13.0. The van der Waals surface area contributed by atoms with E-state index in [2.05, 4.69) is 22.3 Å². The average molecular weight is 650 g/mol. The van der Waals surface area contributed by atoms with Crippen molar-refractivity contribution in [1.29, 1.82) is 5.41 Å². The van der Waals surface area contributed by atoms with Gasteiger partial charge in [-0.3, -0.25) is 10.3 Å². The molecular formula is C36H51N5O6. The van der Waals surface area contributed by atoms with Crippen LogP contribution in [0, 0.1) is 5.41 Å². The fourth-order valence-corrected chi connectivity index (χ4v) is 6.52. The molecule has 0 radical (unpaired) electrons. The highest BCUT2D eigenvalue weighted by Crippen LogP contribution is 2.35. The Morgan fingerprint density at radius 3 is 2.40 bits per heavy atom. The number of anilines is 1. The summed E-state index contributed by atoms with van der Waals surface area (Å²) in [5.74, 6) is -0.0181. The van der Waals surface area contributed by atoms with Crippen LogP contribution in [-0.2, 0) is 25.5 Å². The standard InChI is InChI=1S/C36H51N5O6/c1-7-45-33(42)29-19-28(30(31(37)46-24(2)3)32(39-29)38-27-11-9-8-10-12-27)26-15-13-25(14-16-26)20-41-18-17-40(21-36(41)22-44-23-36)34(43)47-35(4,5)6/h13-16,19,24,27,37H,7-12,17-18,20-23H2,1-6H3,(H,38,39). The third-order valence-electron chi connectivity index (χ3n) is 8.86. The Balaban J connectivity index is 1.43. The number of benzene rings is 1. The van der Waals surface area contributed by atoms with Crippen molar-refractivity contribution in [3.63, 3.8) is 0 Å². The van der Waals surface area contributed by atoms with Gasteiger partial charge in [0.1, 0.15) is 11.4 Å². The number of carbonyl (C=O) groups is 2. The van der Waals surface area contributed by atoms with Gasteiger partial charge in [-0.15, -0.1) is 0 Å². The molecule has 0 unspecified atom stereocenters. The number of esters is 1. The number of nitrogens with one attached hydrogen (secondary N) is 2. The van der Waals surface area contributed by atoms with Gasteiger partial charge in [-0.25, -0.2) is 14.6 Å². The summed E-state index contributed by atoms with van der Waals surface area (Å²) in [6, 6.07) is 10.1. The number of aromatic nitrogens is 1. The molecule has 2 saturated heterocycles. The molecule has 1 spiro atoms. The Labute approximate surface area is 278 Å². The van der Waals surface area contributed by atoms with Gasteiger partial charge in [0.15, 0.2) is 5.69 Å². The van der Waals surface area contributed by atoms with Crippen molar-refractivity contribution < 1.29 is 28.5 Å². The predicted octanol–water partition coefficient (Wildman–Crippen LogP) is 6.24. The van der Waals surface area contributed by atoms with E-state index >= 15 is 0 Å². The van der Waals surface area contributed by atoms with Gasteiger partial charge < -0.3 is 29.2 Å². The van der Waals surface area contributed by atoms with Gasteiger partial charge in [0.25, 0.3) is 0 Å². The van der Waals surface area contributed by atoms with E-state index in [-0.39, 0.29) is 42.0 Å². The molecule has 47 heavy (non-hydrogen) atoms. The Morgan fingerprint density at radius 2 is 1.81 bits per heavy atom. The number of ether oxygens (including phenoxy) is 4. The lowest BCUT2D eigenvalue weighted by Gasteiger charge is -2.55. The molecule has 1 aromatic heterocycles. The Morgan fingerprint density at radius 1 is 1.11 bits per heavy atom. The Kier molecular flexibility index (Phi) is 10.8. The second kappa shape index (κ2) is 14.6. The summed E-state index contributed by atoms with van der Waals surface area (Å²) in [7, 11) is 0. The number of hydrogen-bond donors (Lipinski definition) is 2. The third-order valence-corrected chi connectivity index (χ3v) is 8.86. The van der Waals surface area contributed by atoms with E-state index in [1.54, 1.807) is 17.9 Å². The highest BCUT2D eigenvalue weighted by Gasteiger charge is 2.49. The smallest absolute Gasteiger partial charge is 0.410 e. The van der Waals surface area contributed by atoms with Crippen LogP contribution in [0.3, 0.4) is 0 Å². The lowest BCUT2D eigenvalue weighted by atomic mass is 9.90. The molecule has 0 atom stereocenters. The summed E-state index contributed by atoms with van der Waals surface area (Å²) in [5.41, 5.74) is 2.58. The van der Waals surface area contributed by atoms with Gasteiger partial charge >= 0.3 is 12.1 Å². The molecule has 5 rings (SSSR count). The molecule has 11 heteroatoms. The van der Waals surface area contributed by atoms with E-state index in [1.165, 1.54) is 6.42 Å². The minimum Gasteiger partial charge on any atom is -0.475 e. The number of amides is 1.